The lowest BCUT2D eigenvalue weighted by atomic mass is 10.3. The number of hydrogen-bond acceptors (Lipinski definition) is 9. The summed E-state index contributed by atoms with van der Waals surface area (Å²) < 4.78 is 0. The zero-order valence-corrected chi connectivity index (χ0v) is 17.2. The van der Waals surface area contributed by atoms with E-state index in [4.69, 9.17) is 15.3 Å². The fraction of sp³-hybridized carbons (Fsp3) is 0.765. The van der Waals surface area contributed by atoms with Gasteiger partial charge in [-0.05, 0) is 0 Å². The first-order valence-electron chi connectivity index (χ1n) is 9.56. The summed E-state index contributed by atoms with van der Waals surface area (Å²) in [7, 11) is 1.32. The second kappa shape index (κ2) is 13.8. The summed E-state index contributed by atoms with van der Waals surface area (Å²) in [6.07, 6.45) is 0. The Morgan fingerprint density at radius 3 is 1.13 bits per heavy atom. The van der Waals surface area contributed by atoms with Crippen molar-refractivity contribution < 1.29 is 39.3 Å². The van der Waals surface area contributed by atoms with Gasteiger partial charge in [0.1, 0.15) is 0 Å². The van der Waals surface area contributed by atoms with Gasteiger partial charge in [-0.1, -0.05) is 0 Å². The molecule has 0 saturated carbocycles. The van der Waals surface area contributed by atoms with Crippen LogP contribution in [0.2, 0.25) is 0 Å². The zero-order valence-electron chi connectivity index (χ0n) is 17.2. The quantitative estimate of drug-likeness (QED) is 0.275. The largest absolute Gasteiger partial charge is 0.480 e. The lowest BCUT2D eigenvalue weighted by Crippen LogP contribution is -2.49. The summed E-state index contributed by atoms with van der Waals surface area (Å²) in [4.78, 5) is 56.9. The molecular formula is C17H31N5O8. The number of rotatable bonds is 9. The van der Waals surface area contributed by atoms with Crippen LogP contribution in [-0.4, -0.2) is 144 Å². The van der Waals surface area contributed by atoms with E-state index in [2.05, 4.69) is 10.3 Å². The molecule has 1 aliphatic rings. The number of nitrogens with one attached hydrogen (secondary N) is 1. The van der Waals surface area contributed by atoms with Crippen LogP contribution in [0.3, 0.4) is 0 Å². The molecule has 0 aromatic heterocycles. The SMILES string of the molecule is CONC(=O)CN1CCN(CC(=O)O)CCN(CC(=O)O)CCN(CC(=O)O)CC1. The fourth-order valence-electron chi connectivity index (χ4n) is 3.13. The zero-order chi connectivity index (χ0) is 22.5. The maximum absolute atomic E-state index is 11.9. The predicted molar refractivity (Wildman–Crippen MR) is 104 cm³/mol. The average Bonchev–Trinajstić information content (AvgIpc) is 2.62. The highest BCUT2D eigenvalue weighted by Gasteiger charge is 2.20. The number of aliphatic carboxylic acids is 3. The Labute approximate surface area is 174 Å². The van der Waals surface area contributed by atoms with Crippen LogP contribution < -0.4 is 5.48 Å². The number of nitrogens with zero attached hydrogens (tertiary/aromatic N) is 4. The Morgan fingerprint density at radius 1 is 0.633 bits per heavy atom. The molecule has 1 amide bonds. The molecule has 0 bridgehead atoms. The highest BCUT2D eigenvalue weighted by Crippen LogP contribution is 2.01. The number of amides is 1. The van der Waals surface area contributed by atoms with Crippen molar-refractivity contribution in [3.05, 3.63) is 0 Å². The summed E-state index contributed by atoms with van der Waals surface area (Å²) in [6, 6.07) is 0. The van der Waals surface area contributed by atoms with Crippen molar-refractivity contribution in [2.24, 2.45) is 0 Å². The minimum atomic E-state index is -1.01. The van der Waals surface area contributed by atoms with Gasteiger partial charge in [-0.15, -0.1) is 0 Å². The van der Waals surface area contributed by atoms with Gasteiger partial charge in [0.05, 0.1) is 33.3 Å². The summed E-state index contributed by atoms with van der Waals surface area (Å²) in [5, 5.41) is 27.4. The number of hydrogen-bond donors (Lipinski definition) is 4. The van der Waals surface area contributed by atoms with E-state index < -0.39 is 17.9 Å². The van der Waals surface area contributed by atoms with E-state index in [0.717, 1.165) is 0 Å². The van der Waals surface area contributed by atoms with Crippen molar-refractivity contribution in [3.63, 3.8) is 0 Å². The monoisotopic (exact) mass is 433 g/mol. The predicted octanol–water partition coefficient (Wildman–Crippen LogP) is -2.86. The molecule has 0 radical (unpaired) electrons. The summed E-state index contributed by atoms with van der Waals surface area (Å²) >= 11 is 0. The number of carboxylic acids is 3. The van der Waals surface area contributed by atoms with Gasteiger partial charge in [-0.2, -0.15) is 0 Å². The summed E-state index contributed by atoms with van der Waals surface area (Å²) in [5.74, 6) is -3.37. The average molecular weight is 433 g/mol. The van der Waals surface area contributed by atoms with E-state index in [9.17, 15) is 19.2 Å². The second-order valence-corrected chi connectivity index (χ2v) is 7.02. The highest BCUT2D eigenvalue weighted by atomic mass is 16.6. The standard InChI is InChI=1S/C17H31N5O8/c1-30-18-14(23)10-19-2-4-20(11-15(24)25)6-8-22(13-17(28)29)9-7-21(5-3-19)12-16(26)27/h2-13H2,1H3,(H,18,23)(H,24,25)(H,26,27)(H,28,29). The molecule has 0 aliphatic carbocycles. The van der Waals surface area contributed by atoms with Gasteiger partial charge in [0.15, 0.2) is 0 Å². The lowest BCUT2D eigenvalue weighted by molar-refractivity contribution is -0.140. The Hall–Kier alpha value is -2.32. The van der Waals surface area contributed by atoms with Crippen molar-refractivity contribution in [3.8, 4) is 0 Å². The Bertz CT molecular complexity index is 558. The first kappa shape index (κ1) is 25.7. The van der Waals surface area contributed by atoms with Gasteiger partial charge in [-0.3, -0.25) is 43.6 Å². The van der Waals surface area contributed by atoms with Gasteiger partial charge in [-0.25, -0.2) is 5.48 Å². The minimum absolute atomic E-state index is 0.0147. The van der Waals surface area contributed by atoms with Crippen molar-refractivity contribution in [2.45, 2.75) is 0 Å². The van der Waals surface area contributed by atoms with Crippen LogP contribution in [0.25, 0.3) is 0 Å². The molecule has 13 nitrogen and oxygen atoms in total. The fourth-order valence-corrected chi connectivity index (χ4v) is 3.13. The van der Waals surface area contributed by atoms with Gasteiger partial charge in [0.25, 0.3) is 5.91 Å². The minimum Gasteiger partial charge on any atom is -0.480 e. The van der Waals surface area contributed by atoms with Gasteiger partial charge >= 0.3 is 17.9 Å². The normalized spacial score (nSPS) is 18.8. The van der Waals surface area contributed by atoms with Crippen LogP contribution in [0.4, 0.5) is 0 Å². The molecule has 0 unspecified atom stereocenters. The van der Waals surface area contributed by atoms with Crippen LogP contribution in [0.15, 0.2) is 0 Å². The Morgan fingerprint density at radius 2 is 0.900 bits per heavy atom. The summed E-state index contributed by atoms with van der Waals surface area (Å²) in [6.45, 7) is 2.16. The molecule has 1 rings (SSSR count). The van der Waals surface area contributed by atoms with E-state index in [-0.39, 0.29) is 32.1 Å². The smallest absolute Gasteiger partial charge is 0.317 e. The number of carbonyl (C=O) groups excluding carboxylic acids is 1. The molecule has 1 heterocycles. The Kier molecular flexibility index (Phi) is 11.8. The highest BCUT2D eigenvalue weighted by molar-refractivity contribution is 5.76. The molecule has 0 spiro atoms. The topological polar surface area (TPSA) is 163 Å². The molecule has 0 aromatic carbocycles. The van der Waals surface area contributed by atoms with Crippen LogP contribution in [0.5, 0.6) is 0 Å². The lowest BCUT2D eigenvalue weighted by Gasteiger charge is -2.32. The van der Waals surface area contributed by atoms with Gasteiger partial charge in [0.2, 0.25) is 0 Å². The van der Waals surface area contributed by atoms with E-state index >= 15 is 0 Å². The third-order valence-electron chi connectivity index (χ3n) is 4.59. The van der Waals surface area contributed by atoms with Gasteiger partial charge in [0, 0.05) is 52.4 Å². The Balaban J connectivity index is 2.92. The molecule has 0 atom stereocenters. The molecule has 1 aliphatic heterocycles. The second-order valence-electron chi connectivity index (χ2n) is 7.02. The number of carbonyl (C=O) groups is 4. The van der Waals surface area contributed by atoms with Crippen molar-refractivity contribution >= 4 is 23.8 Å². The maximum atomic E-state index is 11.9. The first-order chi connectivity index (χ1) is 14.2. The number of carboxylic acid groups (broad SMARTS) is 3. The van der Waals surface area contributed by atoms with E-state index in [0.29, 0.717) is 52.4 Å². The van der Waals surface area contributed by atoms with E-state index in [1.807, 2.05) is 0 Å². The molecule has 0 aromatic rings. The third-order valence-corrected chi connectivity index (χ3v) is 4.59. The molecular weight excluding hydrogens is 402 g/mol. The van der Waals surface area contributed by atoms with E-state index in [1.54, 1.807) is 19.6 Å². The van der Waals surface area contributed by atoms with Crippen molar-refractivity contribution in [1.29, 1.82) is 0 Å². The molecule has 1 fully saturated rings. The summed E-state index contributed by atoms with van der Waals surface area (Å²) in [5.41, 5.74) is 2.23. The molecule has 4 N–H and O–H groups in total. The van der Waals surface area contributed by atoms with Crippen LogP contribution in [0.1, 0.15) is 0 Å². The van der Waals surface area contributed by atoms with Crippen molar-refractivity contribution in [1.82, 2.24) is 25.1 Å². The van der Waals surface area contributed by atoms with Crippen LogP contribution in [0, 0.1) is 0 Å². The van der Waals surface area contributed by atoms with Crippen molar-refractivity contribution in [2.75, 3.05) is 85.6 Å². The number of hydroxylamine groups is 1. The first-order valence-corrected chi connectivity index (χ1v) is 9.56. The maximum Gasteiger partial charge on any atom is 0.317 e. The van der Waals surface area contributed by atoms with E-state index in [1.165, 1.54) is 7.11 Å². The third kappa shape index (κ3) is 11.6. The van der Waals surface area contributed by atoms with Gasteiger partial charge < -0.3 is 15.3 Å². The van der Waals surface area contributed by atoms with Crippen LogP contribution >= 0.6 is 0 Å². The molecule has 30 heavy (non-hydrogen) atoms. The van der Waals surface area contributed by atoms with Crippen LogP contribution in [-0.2, 0) is 24.0 Å². The molecule has 172 valence electrons. The molecule has 13 heteroatoms. The molecule has 1 saturated heterocycles.